The molecule has 0 bridgehead atoms. The zero-order valence-corrected chi connectivity index (χ0v) is 12.8. The van der Waals surface area contributed by atoms with Gasteiger partial charge < -0.3 is 5.32 Å². The van der Waals surface area contributed by atoms with Gasteiger partial charge in [-0.25, -0.2) is 9.67 Å². The number of rotatable bonds is 6. The molecule has 0 saturated carbocycles. The number of nitrogens with zero attached hydrogens (tertiary/aromatic N) is 4. The minimum Gasteiger partial charge on any atom is -0.311 e. The number of aryl methyl sites for hydroxylation is 1. The molecule has 0 aliphatic rings. The summed E-state index contributed by atoms with van der Waals surface area (Å²) >= 11 is 0. The highest BCUT2D eigenvalue weighted by Gasteiger charge is 2.12. The van der Waals surface area contributed by atoms with Gasteiger partial charge in [0.15, 0.2) is 5.82 Å². The van der Waals surface area contributed by atoms with Gasteiger partial charge in [0.25, 0.3) is 0 Å². The van der Waals surface area contributed by atoms with Crippen molar-refractivity contribution in [3.05, 3.63) is 35.0 Å². The minimum absolute atomic E-state index is 0.762. The molecule has 0 atom stereocenters. The van der Waals surface area contributed by atoms with Gasteiger partial charge >= 0.3 is 0 Å². The van der Waals surface area contributed by atoms with E-state index in [1.54, 1.807) is 6.20 Å². The van der Waals surface area contributed by atoms with Gasteiger partial charge in [0, 0.05) is 12.2 Å². The molecule has 2 rings (SSSR count). The van der Waals surface area contributed by atoms with Crippen LogP contribution >= 0.6 is 0 Å². The Morgan fingerprint density at radius 3 is 2.50 bits per heavy atom. The second kappa shape index (κ2) is 6.61. The van der Waals surface area contributed by atoms with Crippen molar-refractivity contribution < 1.29 is 0 Å². The molecule has 0 amide bonds. The molecule has 0 aliphatic heterocycles. The van der Waals surface area contributed by atoms with Crippen molar-refractivity contribution in [2.24, 2.45) is 0 Å². The fourth-order valence-electron chi connectivity index (χ4n) is 2.35. The van der Waals surface area contributed by atoms with Crippen molar-refractivity contribution in [3.63, 3.8) is 0 Å². The Morgan fingerprint density at radius 2 is 1.95 bits per heavy atom. The zero-order valence-electron chi connectivity index (χ0n) is 12.8. The molecule has 20 heavy (non-hydrogen) atoms. The molecular formula is C15H23N5. The minimum atomic E-state index is 0.762. The van der Waals surface area contributed by atoms with E-state index in [1.165, 1.54) is 5.56 Å². The highest BCUT2D eigenvalue weighted by atomic mass is 15.3. The van der Waals surface area contributed by atoms with Crippen LogP contribution in [0.1, 0.15) is 42.9 Å². The summed E-state index contributed by atoms with van der Waals surface area (Å²) in [6.45, 7) is 10.2. The molecule has 0 saturated heterocycles. The Kier molecular flexibility index (Phi) is 4.84. The van der Waals surface area contributed by atoms with E-state index in [9.17, 15) is 0 Å². The predicted octanol–water partition coefficient (Wildman–Crippen LogP) is 2.34. The monoisotopic (exact) mass is 273 g/mol. The van der Waals surface area contributed by atoms with Crippen molar-refractivity contribution in [2.75, 3.05) is 6.54 Å². The molecule has 0 aromatic carbocycles. The maximum absolute atomic E-state index is 4.55. The second-order valence-electron chi connectivity index (χ2n) is 4.96. The van der Waals surface area contributed by atoms with Crippen molar-refractivity contribution in [3.8, 4) is 5.82 Å². The lowest BCUT2D eigenvalue weighted by molar-refractivity contribution is 0.660. The van der Waals surface area contributed by atoms with E-state index < -0.39 is 0 Å². The molecule has 2 aromatic heterocycles. The van der Waals surface area contributed by atoms with Gasteiger partial charge in [0.1, 0.15) is 0 Å². The van der Waals surface area contributed by atoms with E-state index in [0.717, 1.165) is 48.8 Å². The van der Waals surface area contributed by atoms with Crippen molar-refractivity contribution in [1.82, 2.24) is 25.1 Å². The third kappa shape index (κ3) is 3.04. The summed E-state index contributed by atoms with van der Waals surface area (Å²) < 4.78 is 1.88. The first-order valence-electron chi connectivity index (χ1n) is 7.24. The van der Waals surface area contributed by atoms with Crippen LogP contribution in [0, 0.1) is 13.8 Å². The SMILES string of the molecule is CCCNCc1cnc(-n2nc(C)c(CC)c2C)cn1. The van der Waals surface area contributed by atoms with Gasteiger partial charge in [-0.1, -0.05) is 13.8 Å². The summed E-state index contributed by atoms with van der Waals surface area (Å²) in [5, 5.41) is 7.87. The van der Waals surface area contributed by atoms with Crippen molar-refractivity contribution >= 4 is 0 Å². The molecular weight excluding hydrogens is 250 g/mol. The average molecular weight is 273 g/mol. The lowest BCUT2D eigenvalue weighted by Gasteiger charge is -2.05. The fraction of sp³-hybridized carbons (Fsp3) is 0.533. The molecule has 0 unspecified atom stereocenters. The summed E-state index contributed by atoms with van der Waals surface area (Å²) in [5.41, 5.74) is 4.47. The topological polar surface area (TPSA) is 55.6 Å². The van der Waals surface area contributed by atoms with E-state index in [1.807, 2.05) is 17.8 Å². The molecule has 0 fully saturated rings. The van der Waals surface area contributed by atoms with Crippen LogP contribution in [0.2, 0.25) is 0 Å². The number of hydrogen-bond acceptors (Lipinski definition) is 4. The van der Waals surface area contributed by atoms with Crippen LogP contribution in [-0.4, -0.2) is 26.3 Å². The van der Waals surface area contributed by atoms with Crippen molar-refractivity contribution in [2.45, 2.75) is 47.1 Å². The van der Waals surface area contributed by atoms with E-state index in [2.05, 4.69) is 41.2 Å². The van der Waals surface area contributed by atoms with E-state index in [-0.39, 0.29) is 0 Å². The van der Waals surface area contributed by atoms with E-state index in [4.69, 9.17) is 0 Å². The second-order valence-corrected chi connectivity index (χ2v) is 4.96. The van der Waals surface area contributed by atoms with Crippen LogP contribution in [0.5, 0.6) is 0 Å². The summed E-state index contributed by atoms with van der Waals surface area (Å²) in [7, 11) is 0. The van der Waals surface area contributed by atoms with Gasteiger partial charge in [0.05, 0.1) is 23.8 Å². The molecule has 5 heteroatoms. The summed E-state index contributed by atoms with van der Waals surface area (Å²) in [6, 6.07) is 0. The highest BCUT2D eigenvalue weighted by molar-refractivity contribution is 5.31. The zero-order chi connectivity index (χ0) is 14.5. The molecule has 1 N–H and O–H groups in total. The number of hydrogen-bond donors (Lipinski definition) is 1. The van der Waals surface area contributed by atoms with Gasteiger partial charge in [-0.3, -0.25) is 4.98 Å². The maximum atomic E-state index is 4.55. The normalized spacial score (nSPS) is 11.0. The lowest BCUT2D eigenvalue weighted by Crippen LogP contribution is -2.15. The van der Waals surface area contributed by atoms with Crippen LogP contribution in [0.15, 0.2) is 12.4 Å². The highest BCUT2D eigenvalue weighted by Crippen LogP contribution is 2.16. The Bertz CT molecular complexity index is 556. The average Bonchev–Trinajstić information content (AvgIpc) is 2.74. The van der Waals surface area contributed by atoms with Crippen LogP contribution < -0.4 is 5.32 Å². The van der Waals surface area contributed by atoms with Crippen LogP contribution in [0.4, 0.5) is 0 Å². The maximum Gasteiger partial charge on any atom is 0.172 e. The quantitative estimate of drug-likeness (QED) is 0.821. The molecule has 0 spiro atoms. The summed E-state index contributed by atoms with van der Waals surface area (Å²) in [5.74, 6) is 0.782. The number of nitrogens with one attached hydrogen (secondary N) is 1. The number of aromatic nitrogens is 4. The van der Waals surface area contributed by atoms with Crippen LogP contribution in [0.3, 0.4) is 0 Å². The smallest absolute Gasteiger partial charge is 0.172 e. The van der Waals surface area contributed by atoms with Crippen molar-refractivity contribution in [1.29, 1.82) is 0 Å². The predicted molar refractivity (Wildman–Crippen MR) is 80.0 cm³/mol. The van der Waals surface area contributed by atoms with Crippen LogP contribution in [0.25, 0.3) is 5.82 Å². The third-order valence-corrected chi connectivity index (χ3v) is 3.44. The first-order chi connectivity index (χ1) is 9.67. The largest absolute Gasteiger partial charge is 0.311 e. The molecule has 108 valence electrons. The van der Waals surface area contributed by atoms with Gasteiger partial charge in [-0.2, -0.15) is 5.10 Å². The molecule has 2 aromatic rings. The van der Waals surface area contributed by atoms with Gasteiger partial charge in [-0.05, 0) is 38.8 Å². The first kappa shape index (κ1) is 14.7. The molecule has 2 heterocycles. The lowest BCUT2D eigenvalue weighted by atomic mass is 10.1. The Labute approximate surface area is 120 Å². The third-order valence-electron chi connectivity index (χ3n) is 3.44. The van der Waals surface area contributed by atoms with E-state index >= 15 is 0 Å². The first-order valence-corrected chi connectivity index (χ1v) is 7.24. The molecule has 0 radical (unpaired) electrons. The molecule has 5 nitrogen and oxygen atoms in total. The van der Waals surface area contributed by atoms with Gasteiger partial charge in [-0.15, -0.1) is 0 Å². The van der Waals surface area contributed by atoms with Crippen LogP contribution in [-0.2, 0) is 13.0 Å². The Balaban J connectivity index is 2.17. The van der Waals surface area contributed by atoms with E-state index in [0.29, 0.717) is 0 Å². The summed E-state index contributed by atoms with van der Waals surface area (Å²) in [6.07, 6.45) is 5.73. The molecule has 0 aliphatic carbocycles. The summed E-state index contributed by atoms with van der Waals surface area (Å²) in [4.78, 5) is 8.92. The Morgan fingerprint density at radius 1 is 1.15 bits per heavy atom. The van der Waals surface area contributed by atoms with Gasteiger partial charge in [0.2, 0.25) is 0 Å². The Hall–Kier alpha value is -1.75. The fourth-order valence-corrected chi connectivity index (χ4v) is 2.35. The standard InChI is InChI=1S/C15H23N5/c1-5-7-16-8-13-9-18-15(10-17-13)20-12(4)14(6-2)11(3)19-20/h9-10,16H,5-8H2,1-4H3.